The van der Waals surface area contributed by atoms with Crippen LogP contribution in [0.1, 0.15) is 47.9 Å². The van der Waals surface area contributed by atoms with Gasteiger partial charge in [0.2, 0.25) is 0 Å². The summed E-state index contributed by atoms with van der Waals surface area (Å²) in [5.41, 5.74) is 2.51. The van der Waals surface area contributed by atoms with Crippen molar-refractivity contribution in [2.45, 2.75) is 32.6 Å². The molecule has 152 valence electrons. The number of fused-ring (bicyclic) bond motifs is 1. The number of rotatable bonds is 8. The number of carboxylic acid groups (broad SMARTS) is 1. The Morgan fingerprint density at radius 3 is 2.55 bits per heavy atom. The highest BCUT2D eigenvalue weighted by Gasteiger charge is 2.17. The molecule has 0 spiro atoms. The van der Waals surface area contributed by atoms with Crippen LogP contribution in [0.3, 0.4) is 0 Å². The van der Waals surface area contributed by atoms with Gasteiger partial charge in [0.1, 0.15) is 11.3 Å². The molecule has 1 aromatic carbocycles. The third-order valence-electron chi connectivity index (χ3n) is 4.71. The molecule has 3 aromatic rings. The molecule has 2 heterocycles. The summed E-state index contributed by atoms with van der Waals surface area (Å²) in [5, 5.41) is 12.7. The first kappa shape index (κ1) is 20.9. The maximum Gasteiger partial charge on any atom is 0.309 e. The van der Waals surface area contributed by atoms with Gasteiger partial charge in [-0.25, -0.2) is 4.98 Å². The molecule has 1 amide bonds. The Labute approximate surface area is 174 Å². The van der Waals surface area contributed by atoms with Crippen molar-refractivity contribution >= 4 is 29.1 Å². The number of imidazole rings is 1. The van der Waals surface area contributed by atoms with Gasteiger partial charge in [-0.1, -0.05) is 43.6 Å². The zero-order valence-electron chi connectivity index (χ0n) is 16.4. The van der Waals surface area contributed by atoms with Crippen molar-refractivity contribution < 1.29 is 14.7 Å². The lowest BCUT2D eigenvalue weighted by Crippen LogP contribution is -2.30. The van der Waals surface area contributed by atoms with Crippen LogP contribution in [0.4, 0.5) is 0 Å². The van der Waals surface area contributed by atoms with E-state index in [1.54, 1.807) is 28.8 Å². The maximum absolute atomic E-state index is 12.9. The maximum atomic E-state index is 12.9. The lowest BCUT2D eigenvalue weighted by molar-refractivity contribution is -0.136. The zero-order chi connectivity index (χ0) is 21.0. The quantitative estimate of drug-likeness (QED) is 0.580. The summed E-state index contributed by atoms with van der Waals surface area (Å²) in [5.74, 6) is -0.541. The number of carbonyl (C=O) groups excluding carboxylic acids is 1. The number of carboxylic acids is 1. The highest BCUT2D eigenvalue weighted by Crippen LogP contribution is 2.25. The van der Waals surface area contributed by atoms with Gasteiger partial charge in [0.25, 0.3) is 5.91 Å². The average molecular weight is 414 g/mol. The van der Waals surface area contributed by atoms with Crippen molar-refractivity contribution in [2.24, 2.45) is 5.92 Å². The Bertz CT molecular complexity index is 1010. The van der Waals surface area contributed by atoms with Gasteiger partial charge >= 0.3 is 5.97 Å². The Kier molecular flexibility index (Phi) is 6.54. The number of carbonyl (C=O) groups is 2. The van der Waals surface area contributed by atoms with Crippen molar-refractivity contribution in [2.75, 3.05) is 6.54 Å². The van der Waals surface area contributed by atoms with Crippen LogP contribution in [0, 0.1) is 5.92 Å². The van der Waals surface area contributed by atoms with Gasteiger partial charge in [-0.05, 0) is 42.2 Å². The lowest BCUT2D eigenvalue weighted by atomic mass is 9.90. The van der Waals surface area contributed by atoms with Crippen LogP contribution in [0.5, 0.6) is 0 Å². The smallest absolute Gasteiger partial charge is 0.309 e. The molecule has 0 bridgehead atoms. The number of amides is 1. The van der Waals surface area contributed by atoms with Crippen LogP contribution in [-0.4, -0.2) is 32.9 Å². The fraction of sp³-hybridized carbons (Fsp3) is 0.318. The van der Waals surface area contributed by atoms with E-state index < -0.39 is 5.97 Å². The summed E-state index contributed by atoms with van der Waals surface area (Å²) in [6.07, 6.45) is 2.35. The molecule has 29 heavy (non-hydrogen) atoms. The van der Waals surface area contributed by atoms with E-state index in [1.165, 1.54) is 0 Å². The number of hydrogen-bond donors (Lipinski definition) is 2. The number of nitrogens with zero attached hydrogens (tertiary/aromatic N) is 2. The molecule has 0 radical (unpaired) electrons. The molecule has 7 heteroatoms. The Balaban J connectivity index is 1.78. The van der Waals surface area contributed by atoms with Crippen molar-refractivity contribution in [3.05, 3.63) is 70.6 Å². The highest BCUT2D eigenvalue weighted by atomic mass is 35.5. The van der Waals surface area contributed by atoms with Crippen LogP contribution in [0.25, 0.3) is 5.65 Å². The molecular formula is C22H24ClN3O3. The molecule has 0 aliphatic carbocycles. The molecule has 1 atom stereocenters. The van der Waals surface area contributed by atoms with Crippen LogP contribution >= 0.6 is 11.6 Å². The third-order valence-corrected chi connectivity index (χ3v) is 4.97. The van der Waals surface area contributed by atoms with Gasteiger partial charge in [-0.15, -0.1) is 0 Å². The van der Waals surface area contributed by atoms with Crippen molar-refractivity contribution in [3.63, 3.8) is 0 Å². The molecule has 0 fully saturated rings. The van der Waals surface area contributed by atoms with Gasteiger partial charge in [0, 0.05) is 23.7 Å². The van der Waals surface area contributed by atoms with Gasteiger partial charge in [-0.3, -0.25) is 14.0 Å². The normalized spacial score (nSPS) is 12.3. The molecule has 0 aliphatic heterocycles. The average Bonchev–Trinajstić information content (AvgIpc) is 3.06. The fourth-order valence-electron chi connectivity index (χ4n) is 3.43. The number of hydrogen-bond acceptors (Lipinski definition) is 3. The molecule has 3 rings (SSSR count). The van der Waals surface area contributed by atoms with E-state index in [2.05, 4.69) is 24.1 Å². The minimum atomic E-state index is -0.959. The summed E-state index contributed by atoms with van der Waals surface area (Å²) in [6.45, 7) is 4.80. The summed E-state index contributed by atoms with van der Waals surface area (Å²) >= 11 is 6.00. The lowest BCUT2D eigenvalue weighted by Gasteiger charge is -2.20. The predicted molar refractivity (Wildman–Crippen MR) is 113 cm³/mol. The summed E-state index contributed by atoms with van der Waals surface area (Å²) in [6, 6.07) is 12.9. The number of aliphatic carboxylic acids is 1. The molecular weight excluding hydrogens is 390 g/mol. The van der Waals surface area contributed by atoms with E-state index in [1.807, 2.05) is 24.3 Å². The zero-order valence-corrected chi connectivity index (χ0v) is 17.2. The van der Waals surface area contributed by atoms with Crippen LogP contribution < -0.4 is 5.32 Å². The molecule has 0 saturated heterocycles. The molecule has 1 unspecified atom stereocenters. The number of pyridine rings is 1. The largest absolute Gasteiger partial charge is 0.481 e. The standard InChI is InChI=1S/C22H24ClN3O3/c1-14(2)10-16(15-6-8-17(23)9-7-15)12-24-22(29)19-4-3-5-20-25-18(11-21(27)28)13-26(19)20/h3-9,13-14,16H,10-12H2,1-2H3,(H,24,29)(H,27,28). The van der Waals surface area contributed by atoms with E-state index in [0.717, 1.165) is 12.0 Å². The minimum absolute atomic E-state index is 0.167. The molecule has 2 aromatic heterocycles. The second-order valence-corrected chi connectivity index (χ2v) is 7.97. The Morgan fingerprint density at radius 2 is 1.90 bits per heavy atom. The predicted octanol–water partition coefficient (Wildman–Crippen LogP) is 4.17. The van der Waals surface area contributed by atoms with E-state index in [0.29, 0.717) is 34.5 Å². The van der Waals surface area contributed by atoms with Crippen LogP contribution in [0.15, 0.2) is 48.7 Å². The van der Waals surface area contributed by atoms with Crippen LogP contribution in [0.2, 0.25) is 5.02 Å². The van der Waals surface area contributed by atoms with Gasteiger partial charge in [0.05, 0.1) is 12.1 Å². The second-order valence-electron chi connectivity index (χ2n) is 7.53. The Morgan fingerprint density at radius 1 is 1.17 bits per heavy atom. The topological polar surface area (TPSA) is 83.7 Å². The third kappa shape index (κ3) is 5.35. The molecule has 0 aliphatic rings. The highest BCUT2D eigenvalue weighted by molar-refractivity contribution is 6.30. The first-order chi connectivity index (χ1) is 13.8. The van der Waals surface area contributed by atoms with E-state index >= 15 is 0 Å². The number of aromatic nitrogens is 2. The molecule has 6 nitrogen and oxygen atoms in total. The van der Waals surface area contributed by atoms with E-state index in [4.69, 9.17) is 16.7 Å². The second kappa shape index (κ2) is 9.09. The first-order valence-electron chi connectivity index (χ1n) is 9.56. The first-order valence-corrected chi connectivity index (χ1v) is 9.93. The number of nitrogens with one attached hydrogen (secondary N) is 1. The van der Waals surface area contributed by atoms with Gasteiger partial charge < -0.3 is 10.4 Å². The number of benzene rings is 1. The fourth-order valence-corrected chi connectivity index (χ4v) is 3.56. The SMILES string of the molecule is CC(C)CC(CNC(=O)c1cccc2nc(CC(=O)O)cn12)c1ccc(Cl)cc1. The van der Waals surface area contributed by atoms with Gasteiger partial charge in [-0.2, -0.15) is 0 Å². The van der Waals surface area contributed by atoms with E-state index in [-0.39, 0.29) is 18.2 Å². The summed E-state index contributed by atoms with van der Waals surface area (Å²) in [4.78, 5) is 28.1. The van der Waals surface area contributed by atoms with Crippen molar-refractivity contribution in [3.8, 4) is 0 Å². The monoisotopic (exact) mass is 413 g/mol. The molecule has 2 N–H and O–H groups in total. The van der Waals surface area contributed by atoms with Gasteiger partial charge in [0.15, 0.2) is 0 Å². The van der Waals surface area contributed by atoms with Crippen LogP contribution in [-0.2, 0) is 11.2 Å². The van der Waals surface area contributed by atoms with Crippen molar-refractivity contribution in [1.29, 1.82) is 0 Å². The van der Waals surface area contributed by atoms with E-state index in [9.17, 15) is 9.59 Å². The minimum Gasteiger partial charge on any atom is -0.481 e. The number of halogens is 1. The van der Waals surface area contributed by atoms with Crippen molar-refractivity contribution in [1.82, 2.24) is 14.7 Å². The Hall–Kier alpha value is -2.86. The molecule has 0 saturated carbocycles. The summed E-state index contributed by atoms with van der Waals surface area (Å²) < 4.78 is 1.63. The summed E-state index contributed by atoms with van der Waals surface area (Å²) in [7, 11) is 0.